The van der Waals surface area contributed by atoms with Crippen molar-refractivity contribution in [1.82, 2.24) is 4.98 Å². The molecule has 1 amide bonds. The zero-order valence-electron chi connectivity index (χ0n) is 14.8. The number of primary amides is 1. The van der Waals surface area contributed by atoms with Crippen molar-refractivity contribution >= 4 is 17.7 Å². The molecule has 0 aliphatic heterocycles. The number of carbonyl (C=O) groups excluding carboxylic acids is 1. The molecule has 1 aromatic carbocycles. The van der Waals surface area contributed by atoms with Gasteiger partial charge in [-0.2, -0.15) is 0 Å². The van der Waals surface area contributed by atoms with Gasteiger partial charge >= 0.3 is 11.8 Å². The van der Waals surface area contributed by atoms with E-state index in [1.54, 1.807) is 6.20 Å². The minimum absolute atomic E-state index is 0. The lowest BCUT2D eigenvalue weighted by atomic mass is 9.77. The maximum atomic E-state index is 11.4. The predicted molar refractivity (Wildman–Crippen MR) is 96.1 cm³/mol. The Bertz CT molecular complexity index is 818. The van der Waals surface area contributed by atoms with Gasteiger partial charge in [0.25, 0.3) is 5.91 Å². The number of hydrogen-bond donors (Lipinski definition) is 3. The summed E-state index contributed by atoms with van der Waals surface area (Å²) in [5.41, 5.74) is 13.7. The second kappa shape index (κ2) is 8.81. The summed E-state index contributed by atoms with van der Waals surface area (Å²) in [6, 6.07) is 8.07. The molecule has 27 heavy (non-hydrogen) atoms. The van der Waals surface area contributed by atoms with Gasteiger partial charge in [0.05, 0.1) is 0 Å². The van der Waals surface area contributed by atoms with Crippen LogP contribution in [0.15, 0.2) is 30.5 Å². The molecular weight excluding hydrogens is 368 g/mol. The maximum Gasteiger partial charge on any atom is 0.303 e. The van der Waals surface area contributed by atoms with Gasteiger partial charge in [0.15, 0.2) is 0 Å². The summed E-state index contributed by atoms with van der Waals surface area (Å²) in [4.78, 5) is 29.3. The molecule has 1 heterocycles. The van der Waals surface area contributed by atoms with Crippen LogP contribution in [0.2, 0.25) is 0 Å². The van der Waals surface area contributed by atoms with Crippen LogP contribution >= 0.6 is 0 Å². The molecular formula is C19H23ClN4O3. The Kier molecular flexibility index (Phi) is 6.74. The zero-order chi connectivity index (χ0) is 18.7. The van der Waals surface area contributed by atoms with Crippen molar-refractivity contribution in [3.05, 3.63) is 41.7 Å². The van der Waals surface area contributed by atoms with Gasteiger partial charge in [-0.05, 0) is 43.1 Å². The molecule has 0 spiro atoms. The van der Waals surface area contributed by atoms with Crippen LogP contribution in [-0.2, 0) is 4.79 Å². The molecule has 1 saturated carbocycles. The second-order valence-corrected chi connectivity index (χ2v) is 6.85. The van der Waals surface area contributed by atoms with Crippen molar-refractivity contribution < 1.29 is 32.1 Å². The average molecular weight is 391 g/mol. The van der Waals surface area contributed by atoms with Gasteiger partial charge in [-0.25, -0.2) is 9.97 Å². The highest BCUT2D eigenvalue weighted by atomic mass is 35.5. The highest BCUT2D eigenvalue weighted by Crippen LogP contribution is 2.37. The molecule has 0 radical (unpaired) electrons. The third kappa shape index (κ3) is 4.95. The maximum absolute atomic E-state index is 11.4. The van der Waals surface area contributed by atoms with Crippen LogP contribution in [0.4, 0.5) is 5.82 Å². The summed E-state index contributed by atoms with van der Waals surface area (Å²) in [5.74, 6) is -0.474. The third-order valence-corrected chi connectivity index (χ3v) is 5.07. The first-order valence-electron chi connectivity index (χ1n) is 8.74. The first kappa shape index (κ1) is 20.6. The summed E-state index contributed by atoms with van der Waals surface area (Å²) in [6.07, 6.45) is 5.85. The van der Waals surface area contributed by atoms with Gasteiger partial charge in [0.2, 0.25) is 5.69 Å². The first-order chi connectivity index (χ1) is 12.4. The quantitative estimate of drug-likeness (QED) is 0.602. The number of aliphatic carboxylic acids is 1. The van der Waals surface area contributed by atoms with E-state index in [1.165, 1.54) is 5.56 Å². The van der Waals surface area contributed by atoms with E-state index < -0.39 is 11.9 Å². The summed E-state index contributed by atoms with van der Waals surface area (Å²) in [7, 11) is 0. The monoisotopic (exact) mass is 390 g/mol. The summed E-state index contributed by atoms with van der Waals surface area (Å²) in [6.45, 7) is 0. The molecule has 7 nitrogen and oxygen atoms in total. The van der Waals surface area contributed by atoms with E-state index in [1.807, 2.05) is 12.1 Å². The number of rotatable bonds is 5. The van der Waals surface area contributed by atoms with E-state index in [0.29, 0.717) is 17.5 Å². The van der Waals surface area contributed by atoms with Gasteiger partial charge in [-0.15, -0.1) is 0 Å². The number of nitrogens with two attached hydrogens (primary N) is 2. The van der Waals surface area contributed by atoms with Crippen LogP contribution in [-0.4, -0.2) is 22.0 Å². The molecule has 1 aromatic heterocycles. The second-order valence-electron chi connectivity index (χ2n) is 6.85. The van der Waals surface area contributed by atoms with Crippen LogP contribution in [0.25, 0.3) is 11.3 Å². The summed E-state index contributed by atoms with van der Waals surface area (Å²) in [5, 5.41) is 8.91. The highest BCUT2D eigenvalue weighted by Gasteiger charge is 2.24. The Morgan fingerprint density at radius 2 is 1.78 bits per heavy atom. The van der Waals surface area contributed by atoms with Gasteiger partial charge in [0.1, 0.15) is 11.9 Å². The SMILES string of the molecule is NC(=O)c1nc(-c2ccc(C3CCC(CC(=O)O)CC3)cc2)c[nH+]c1N.[Cl-]. The van der Waals surface area contributed by atoms with Crippen molar-refractivity contribution in [3.8, 4) is 11.3 Å². The van der Waals surface area contributed by atoms with Crippen LogP contribution in [0.1, 0.15) is 54.1 Å². The third-order valence-electron chi connectivity index (χ3n) is 5.07. The number of benzene rings is 1. The fraction of sp³-hybridized carbons (Fsp3) is 0.368. The molecule has 8 heteroatoms. The lowest BCUT2D eigenvalue weighted by molar-refractivity contribution is -0.360. The normalized spacial score (nSPS) is 19.1. The summed E-state index contributed by atoms with van der Waals surface area (Å²) < 4.78 is 0. The molecule has 0 atom stereocenters. The number of carboxylic acid groups (broad SMARTS) is 1. The molecule has 3 rings (SSSR count). The van der Waals surface area contributed by atoms with Gasteiger partial charge in [-0.1, -0.05) is 24.3 Å². The van der Waals surface area contributed by atoms with E-state index in [9.17, 15) is 9.59 Å². The Labute approximate surface area is 163 Å². The standard InChI is InChI=1S/C19H22N4O3.ClH/c20-18-17(19(21)26)23-15(10-22-18)14-7-5-13(6-8-14)12-3-1-11(2-4-12)9-16(24)25;/h5-8,10-12H,1-4,9H2,(H2,20,22)(H2,21,26)(H,24,25);1H. The Morgan fingerprint density at radius 3 is 2.33 bits per heavy atom. The molecule has 6 N–H and O–H groups in total. The fourth-order valence-electron chi connectivity index (χ4n) is 3.64. The number of nitrogen functional groups attached to an aromatic ring is 1. The number of anilines is 1. The van der Waals surface area contributed by atoms with Crippen LogP contribution in [0.3, 0.4) is 0 Å². The molecule has 1 fully saturated rings. The number of nitrogens with zero attached hydrogens (tertiary/aromatic N) is 1. The van der Waals surface area contributed by atoms with Gasteiger partial charge < -0.3 is 23.2 Å². The minimum Gasteiger partial charge on any atom is -1.00 e. The largest absolute Gasteiger partial charge is 1.00 e. The smallest absolute Gasteiger partial charge is 0.303 e. The lowest BCUT2D eigenvalue weighted by Crippen LogP contribution is -3.00. The highest BCUT2D eigenvalue weighted by molar-refractivity contribution is 5.94. The molecule has 1 aliphatic rings. The Balaban J connectivity index is 0.00000261. The number of halogens is 1. The van der Waals surface area contributed by atoms with E-state index in [2.05, 4.69) is 22.1 Å². The van der Waals surface area contributed by atoms with Crippen molar-refractivity contribution in [1.29, 1.82) is 0 Å². The fourth-order valence-corrected chi connectivity index (χ4v) is 3.64. The number of aromatic nitrogens is 2. The van der Waals surface area contributed by atoms with E-state index >= 15 is 0 Å². The number of nitrogens with one attached hydrogen (secondary N) is 1. The first-order valence-corrected chi connectivity index (χ1v) is 8.74. The molecule has 144 valence electrons. The van der Waals surface area contributed by atoms with Crippen LogP contribution in [0, 0.1) is 5.92 Å². The number of H-pyrrole nitrogens is 1. The number of aromatic amines is 1. The van der Waals surface area contributed by atoms with E-state index in [4.69, 9.17) is 16.6 Å². The van der Waals surface area contributed by atoms with E-state index in [0.717, 1.165) is 31.2 Å². The molecule has 0 saturated heterocycles. The van der Waals surface area contributed by atoms with Crippen LogP contribution in [0.5, 0.6) is 0 Å². The summed E-state index contributed by atoms with van der Waals surface area (Å²) >= 11 is 0. The lowest BCUT2D eigenvalue weighted by Gasteiger charge is -2.28. The molecule has 0 unspecified atom stereocenters. The van der Waals surface area contributed by atoms with Crippen LogP contribution < -0.4 is 28.9 Å². The number of hydrogen-bond acceptors (Lipinski definition) is 4. The Hall–Kier alpha value is -2.67. The average Bonchev–Trinajstić information content (AvgIpc) is 2.62. The topological polar surface area (TPSA) is 133 Å². The predicted octanol–water partition coefficient (Wildman–Crippen LogP) is -1.00. The van der Waals surface area contributed by atoms with Crippen molar-refractivity contribution in [2.24, 2.45) is 11.7 Å². The minimum atomic E-state index is -0.707. The van der Waals surface area contributed by atoms with Gasteiger partial charge in [-0.3, -0.25) is 15.3 Å². The molecule has 0 bridgehead atoms. The van der Waals surface area contributed by atoms with Crippen molar-refractivity contribution in [3.63, 3.8) is 0 Å². The molecule has 2 aromatic rings. The van der Waals surface area contributed by atoms with Crippen molar-refractivity contribution in [2.75, 3.05) is 5.73 Å². The van der Waals surface area contributed by atoms with Gasteiger partial charge in [0, 0.05) is 12.0 Å². The Morgan fingerprint density at radius 1 is 1.15 bits per heavy atom. The number of carbonyl (C=O) groups is 2. The number of amides is 1. The number of carboxylic acids is 1. The van der Waals surface area contributed by atoms with Crippen molar-refractivity contribution in [2.45, 2.75) is 38.0 Å². The van der Waals surface area contributed by atoms with E-state index in [-0.39, 0.29) is 30.3 Å². The zero-order valence-corrected chi connectivity index (χ0v) is 15.6. The molecule has 1 aliphatic carbocycles.